The first kappa shape index (κ1) is 16.7. The number of carbonyl (C=O) groups is 1. The zero-order valence-electron chi connectivity index (χ0n) is 11.7. The van der Waals surface area contributed by atoms with Crippen LogP contribution in [0.3, 0.4) is 0 Å². The molecular weight excluding hydrogens is 380 g/mol. The van der Waals surface area contributed by atoms with E-state index in [-0.39, 0.29) is 31.3 Å². The van der Waals surface area contributed by atoms with Crippen LogP contribution in [0.15, 0.2) is 21.5 Å². The van der Waals surface area contributed by atoms with Crippen LogP contribution in [0.25, 0.3) is 0 Å². The Labute approximate surface area is 137 Å². The van der Waals surface area contributed by atoms with Crippen molar-refractivity contribution in [1.29, 1.82) is 0 Å². The van der Waals surface area contributed by atoms with Crippen molar-refractivity contribution >= 4 is 43.5 Å². The van der Waals surface area contributed by atoms with Crippen molar-refractivity contribution in [2.24, 2.45) is 10.6 Å². The van der Waals surface area contributed by atoms with E-state index in [1.807, 2.05) is 0 Å². The zero-order chi connectivity index (χ0) is 16.0. The van der Waals surface area contributed by atoms with Crippen molar-refractivity contribution in [2.75, 3.05) is 13.1 Å². The van der Waals surface area contributed by atoms with Crippen molar-refractivity contribution in [3.8, 4) is 0 Å². The quantitative estimate of drug-likeness (QED) is 0.836. The Kier molecular flexibility index (Phi) is 4.41. The lowest BCUT2D eigenvalue weighted by Crippen LogP contribution is -2.30. The van der Waals surface area contributed by atoms with E-state index in [0.29, 0.717) is 13.1 Å². The van der Waals surface area contributed by atoms with Crippen molar-refractivity contribution in [3.63, 3.8) is 0 Å². The summed E-state index contributed by atoms with van der Waals surface area (Å²) < 4.78 is 23.3. The van der Waals surface area contributed by atoms with Crippen LogP contribution >= 0.6 is 27.5 Å². The fourth-order valence-electron chi connectivity index (χ4n) is 2.37. The predicted octanol–water partition coefficient (Wildman–Crippen LogP) is 2.62. The third-order valence-electron chi connectivity index (χ3n) is 3.52. The second-order valence-corrected chi connectivity index (χ2v) is 8.74. The number of hydrogen-bond acceptors (Lipinski definition) is 3. The molecule has 5 nitrogen and oxygen atoms in total. The first-order valence-electron chi connectivity index (χ1n) is 6.32. The number of likely N-dealkylation sites (tertiary alicyclic amines) is 1. The van der Waals surface area contributed by atoms with Gasteiger partial charge in [-0.05, 0) is 39.9 Å². The summed E-state index contributed by atoms with van der Waals surface area (Å²) in [6.45, 7) is 5.41. The number of carbonyl (C=O) groups excluding carboxylic acids is 1. The van der Waals surface area contributed by atoms with E-state index in [9.17, 15) is 13.2 Å². The highest BCUT2D eigenvalue weighted by atomic mass is 79.9. The fraction of sp³-hybridized carbons (Fsp3) is 0.462. The van der Waals surface area contributed by atoms with Gasteiger partial charge in [0.05, 0.1) is 15.5 Å². The first-order chi connectivity index (χ1) is 9.51. The van der Waals surface area contributed by atoms with Crippen LogP contribution in [-0.2, 0) is 10.0 Å². The van der Waals surface area contributed by atoms with E-state index in [1.54, 1.807) is 4.90 Å². The van der Waals surface area contributed by atoms with Crippen molar-refractivity contribution in [3.05, 3.63) is 27.2 Å². The second-order valence-electron chi connectivity index (χ2n) is 5.95. The maximum absolute atomic E-state index is 12.5. The Morgan fingerprint density at radius 1 is 1.43 bits per heavy atom. The lowest BCUT2D eigenvalue weighted by molar-refractivity contribution is 0.0778. The molecule has 0 saturated carbocycles. The number of nitrogens with zero attached hydrogens (tertiary/aromatic N) is 1. The molecule has 1 aromatic rings. The molecule has 0 bridgehead atoms. The Balaban J connectivity index is 2.43. The summed E-state index contributed by atoms with van der Waals surface area (Å²) in [5.74, 6) is -0.275. The summed E-state index contributed by atoms with van der Waals surface area (Å²) in [7, 11) is -3.93. The van der Waals surface area contributed by atoms with Gasteiger partial charge >= 0.3 is 0 Å². The van der Waals surface area contributed by atoms with Crippen LogP contribution in [0.2, 0.25) is 5.02 Å². The summed E-state index contributed by atoms with van der Waals surface area (Å²) >= 11 is 9.18. The monoisotopic (exact) mass is 394 g/mol. The fourth-order valence-corrected chi connectivity index (χ4v) is 4.38. The summed E-state index contributed by atoms with van der Waals surface area (Å²) in [5, 5.41) is 5.35. The minimum Gasteiger partial charge on any atom is -0.338 e. The molecule has 0 aromatic heterocycles. The van der Waals surface area contributed by atoms with Gasteiger partial charge in [0.25, 0.3) is 5.91 Å². The first-order valence-corrected chi connectivity index (χ1v) is 9.04. The van der Waals surface area contributed by atoms with Gasteiger partial charge < -0.3 is 4.90 Å². The Morgan fingerprint density at radius 2 is 2.05 bits per heavy atom. The van der Waals surface area contributed by atoms with Crippen molar-refractivity contribution in [2.45, 2.75) is 25.2 Å². The smallest absolute Gasteiger partial charge is 0.255 e. The lowest BCUT2D eigenvalue weighted by Gasteiger charge is -2.20. The third kappa shape index (κ3) is 3.59. The van der Waals surface area contributed by atoms with Crippen LogP contribution in [0.4, 0.5) is 0 Å². The minimum atomic E-state index is -3.93. The predicted molar refractivity (Wildman–Crippen MR) is 84.8 cm³/mol. The molecule has 21 heavy (non-hydrogen) atoms. The molecule has 1 aliphatic heterocycles. The number of rotatable bonds is 2. The average Bonchev–Trinajstić information content (AvgIpc) is 2.67. The molecule has 1 amide bonds. The molecule has 1 aromatic carbocycles. The third-order valence-corrected chi connectivity index (χ3v) is 5.71. The molecule has 8 heteroatoms. The number of sulfonamides is 1. The van der Waals surface area contributed by atoms with Gasteiger partial charge in [-0.1, -0.05) is 25.4 Å². The molecule has 1 saturated heterocycles. The van der Waals surface area contributed by atoms with E-state index < -0.39 is 10.0 Å². The van der Waals surface area contributed by atoms with Gasteiger partial charge in [0.1, 0.15) is 0 Å². The topological polar surface area (TPSA) is 80.5 Å². The van der Waals surface area contributed by atoms with E-state index in [0.717, 1.165) is 6.42 Å². The maximum Gasteiger partial charge on any atom is 0.255 e. The second kappa shape index (κ2) is 5.53. The molecule has 0 spiro atoms. The van der Waals surface area contributed by atoms with Crippen LogP contribution in [0.1, 0.15) is 30.6 Å². The summed E-state index contributed by atoms with van der Waals surface area (Å²) in [4.78, 5) is 14.1. The minimum absolute atomic E-state index is 0.0558. The average molecular weight is 396 g/mol. The van der Waals surface area contributed by atoms with Gasteiger partial charge in [-0.15, -0.1) is 0 Å². The van der Waals surface area contributed by atoms with Crippen molar-refractivity contribution in [1.82, 2.24) is 4.90 Å². The molecule has 2 rings (SSSR count). The van der Waals surface area contributed by atoms with Gasteiger partial charge in [0, 0.05) is 17.6 Å². The SMILES string of the molecule is CC1(C)CCN(C(=O)c2cc(S(N)(=O)=O)c(Br)cc2Cl)C1. The molecule has 1 heterocycles. The van der Waals surface area contributed by atoms with Crippen LogP contribution in [0.5, 0.6) is 0 Å². The highest BCUT2D eigenvalue weighted by molar-refractivity contribution is 9.10. The lowest BCUT2D eigenvalue weighted by atomic mass is 9.93. The molecule has 1 aliphatic rings. The van der Waals surface area contributed by atoms with Gasteiger partial charge in [0.2, 0.25) is 10.0 Å². The normalized spacial score (nSPS) is 18.0. The van der Waals surface area contributed by atoms with Crippen LogP contribution < -0.4 is 5.14 Å². The summed E-state index contributed by atoms with van der Waals surface area (Å²) in [6.07, 6.45) is 0.898. The summed E-state index contributed by atoms with van der Waals surface area (Å²) in [6, 6.07) is 2.62. The number of benzene rings is 1. The standard InChI is InChI=1S/C13H16BrClN2O3S/c1-13(2)3-4-17(7-13)12(18)8-5-11(21(16,19)20)9(14)6-10(8)15/h5-6H,3-4,7H2,1-2H3,(H2,16,19,20). The number of amides is 1. The molecule has 1 fully saturated rings. The van der Waals surface area contributed by atoms with Gasteiger partial charge in [-0.25, -0.2) is 13.6 Å². The van der Waals surface area contributed by atoms with E-state index in [1.165, 1.54) is 12.1 Å². The number of nitrogens with two attached hydrogens (primary N) is 1. The molecule has 0 unspecified atom stereocenters. The molecule has 2 N–H and O–H groups in total. The molecule has 0 atom stereocenters. The maximum atomic E-state index is 12.5. The highest BCUT2D eigenvalue weighted by Crippen LogP contribution is 2.33. The molecule has 0 radical (unpaired) electrons. The summed E-state index contributed by atoms with van der Waals surface area (Å²) in [5.41, 5.74) is 0.210. The zero-order valence-corrected chi connectivity index (χ0v) is 14.8. The van der Waals surface area contributed by atoms with E-state index in [4.69, 9.17) is 16.7 Å². The Morgan fingerprint density at radius 3 is 2.52 bits per heavy atom. The number of primary sulfonamides is 1. The number of hydrogen-bond donors (Lipinski definition) is 1. The van der Waals surface area contributed by atoms with Gasteiger partial charge in [-0.3, -0.25) is 4.79 Å². The largest absolute Gasteiger partial charge is 0.338 e. The van der Waals surface area contributed by atoms with Gasteiger partial charge in [-0.2, -0.15) is 0 Å². The van der Waals surface area contributed by atoms with E-state index >= 15 is 0 Å². The van der Waals surface area contributed by atoms with Gasteiger partial charge in [0.15, 0.2) is 0 Å². The highest BCUT2D eigenvalue weighted by Gasteiger charge is 2.33. The number of halogens is 2. The van der Waals surface area contributed by atoms with Crippen LogP contribution in [-0.4, -0.2) is 32.3 Å². The molecule has 116 valence electrons. The van der Waals surface area contributed by atoms with E-state index in [2.05, 4.69) is 29.8 Å². The Bertz CT molecular complexity index is 704. The molecule has 0 aliphatic carbocycles. The van der Waals surface area contributed by atoms with Crippen molar-refractivity contribution < 1.29 is 13.2 Å². The van der Waals surface area contributed by atoms with Crippen LogP contribution in [0, 0.1) is 5.41 Å². The molecular formula is C13H16BrClN2O3S. The Hall–Kier alpha value is -0.630.